The van der Waals surface area contributed by atoms with Crippen molar-refractivity contribution in [3.63, 3.8) is 0 Å². The smallest absolute Gasteiger partial charge is 0.0755 e. The van der Waals surface area contributed by atoms with E-state index >= 15 is 0 Å². The monoisotopic (exact) mass is 240 g/mol. The van der Waals surface area contributed by atoms with E-state index in [0.717, 1.165) is 6.42 Å². The molecule has 1 aromatic carbocycles. The van der Waals surface area contributed by atoms with Gasteiger partial charge in [0.15, 0.2) is 0 Å². The fourth-order valence-corrected chi connectivity index (χ4v) is 3.05. The first-order valence-electron chi connectivity index (χ1n) is 6.90. The van der Waals surface area contributed by atoms with Crippen LogP contribution in [0.5, 0.6) is 0 Å². The van der Waals surface area contributed by atoms with Gasteiger partial charge in [0.2, 0.25) is 0 Å². The van der Waals surface area contributed by atoms with E-state index < -0.39 is 0 Å². The molecule has 2 nitrogen and oxygen atoms in total. The van der Waals surface area contributed by atoms with Gasteiger partial charge in [0, 0.05) is 23.8 Å². The summed E-state index contributed by atoms with van der Waals surface area (Å²) in [6.07, 6.45) is 6.20. The molecule has 1 aliphatic rings. The molecule has 0 unspecified atom stereocenters. The van der Waals surface area contributed by atoms with Gasteiger partial charge in [-0.3, -0.25) is 4.98 Å². The van der Waals surface area contributed by atoms with Crippen molar-refractivity contribution in [1.82, 2.24) is 4.98 Å². The normalized spacial score (nSPS) is 15.2. The minimum Gasteiger partial charge on any atom is -0.387 e. The molecule has 1 aliphatic carbocycles. The number of aryl methyl sites for hydroxylation is 2. The molecule has 0 radical (unpaired) electrons. The van der Waals surface area contributed by atoms with Crippen molar-refractivity contribution in [2.75, 3.05) is 12.4 Å². The van der Waals surface area contributed by atoms with Crippen molar-refractivity contribution in [2.45, 2.75) is 39.0 Å². The standard InChI is InChI=1S/C16H20N2/c1-11-7-6-9-13-15(11)18-14-10-5-3-4-8-12(14)16(13)17-2/h6-7,9H,3-5,8,10H2,1-2H3,(H,17,18). The summed E-state index contributed by atoms with van der Waals surface area (Å²) in [5.41, 5.74) is 6.52. The largest absolute Gasteiger partial charge is 0.387 e. The number of benzene rings is 1. The SMILES string of the molecule is CNc1c2c(nc3c(C)cccc13)CCCCC2. The second-order valence-electron chi connectivity index (χ2n) is 5.19. The molecule has 1 N–H and O–H groups in total. The van der Waals surface area contributed by atoms with Crippen LogP contribution in [-0.2, 0) is 12.8 Å². The number of para-hydroxylation sites is 1. The maximum atomic E-state index is 4.94. The molecular weight excluding hydrogens is 220 g/mol. The average Bonchev–Trinajstić information content (AvgIpc) is 2.62. The fraction of sp³-hybridized carbons (Fsp3) is 0.438. The summed E-state index contributed by atoms with van der Waals surface area (Å²) in [6.45, 7) is 2.15. The number of anilines is 1. The maximum Gasteiger partial charge on any atom is 0.0755 e. The van der Waals surface area contributed by atoms with Gasteiger partial charge in [-0.15, -0.1) is 0 Å². The lowest BCUT2D eigenvalue weighted by molar-refractivity contribution is 0.709. The van der Waals surface area contributed by atoms with E-state index in [-0.39, 0.29) is 0 Å². The molecule has 0 spiro atoms. The molecule has 0 atom stereocenters. The molecule has 3 rings (SSSR count). The first-order chi connectivity index (χ1) is 8.81. The van der Waals surface area contributed by atoms with Crippen molar-refractivity contribution in [2.24, 2.45) is 0 Å². The lowest BCUT2D eigenvalue weighted by atomic mass is 10.0. The lowest BCUT2D eigenvalue weighted by Gasteiger charge is -2.16. The third kappa shape index (κ3) is 1.76. The van der Waals surface area contributed by atoms with Crippen LogP contribution in [0.3, 0.4) is 0 Å². The van der Waals surface area contributed by atoms with Gasteiger partial charge < -0.3 is 5.32 Å². The highest BCUT2D eigenvalue weighted by Gasteiger charge is 2.16. The van der Waals surface area contributed by atoms with Crippen molar-refractivity contribution in [3.05, 3.63) is 35.0 Å². The van der Waals surface area contributed by atoms with Crippen LogP contribution in [0.15, 0.2) is 18.2 Å². The van der Waals surface area contributed by atoms with Gasteiger partial charge in [-0.1, -0.05) is 24.6 Å². The number of fused-ring (bicyclic) bond motifs is 2. The molecule has 1 aromatic heterocycles. The summed E-state index contributed by atoms with van der Waals surface area (Å²) in [5, 5.41) is 4.69. The highest BCUT2D eigenvalue weighted by molar-refractivity contribution is 5.95. The summed E-state index contributed by atoms with van der Waals surface area (Å²) in [4.78, 5) is 4.94. The molecule has 18 heavy (non-hydrogen) atoms. The Balaban J connectivity index is 2.34. The average molecular weight is 240 g/mol. The van der Waals surface area contributed by atoms with Gasteiger partial charge in [-0.25, -0.2) is 0 Å². The van der Waals surface area contributed by atoms with Crippen LogP contribution in [0.1, 0.15) is 36.1 Å². The Morgan fingerprint density at radius 2 is 1.94 bits per heavy atom. The summed E-state index contributed by atoms with van der Waals surface area (Å²) < 4.78 is 0. The second kappa shape index (κ2) is 4.60. The van der Waals surface area contributed by atoms with Gasteiger partial charge in [-0.2, -0.15) is 0 Å². The Bertz CT molecular complexity index is 587. The number of rotatable bonds is 1. The number of hydrogen-bond acceptors (Lipinski definition) is 2. The maximum absolute atomic E-state index is 4.94. The Morgan fingerprint density at radius 3 is 2.78 bits per heavy atom. The van der Waals surface area contributed by atoms with Gasteiger partial charge in [0.05, 0.1) is 5.52 Å². The van der Waals surface area contributed by atoms with Gasteiger partial charge in [0.1, 0.15) is 0 Å². The molecule has 0 fully saturated rings. The molecule has 0 saturated heterocycles. The lowest BCUT2D eigenvalue weighted by Crippen LogP contribution is -2.04. The molecule has 0 bridgehead atoms. The summed E-state index contributed by atoms with van der Waals surface area (Å²) in [7, 11) is 2.03. The van der Waals surface area contributed by atoms with E-state index in [0.29, 0.717) is 0 Å². The number of nitrogens with zero attached hydrogens (tertiary/aromatic N) is 1. The van der Waals surface area contributed by atoms with Crippen molar-refractivity contribution >= 4 is 16.6 Å². The van der Waals surface area contributed by atoms with Crippen LogP contribution in [0.25, 0.3) is 10.9 Å². The Labute approximate surface area is 108 Å². The number of hydrogen-bond donors (Lipinski definition) is 1. The van der Waals surface area contributed by atoms with Crippen LogP contribution in [-0.4, -0.2) is 12.0 Å². The zero-order valence-electron chi connectivity index (χ0n) is 11.2. The Hall–Kier alpha value is -1.57. The van der Waals surface area contributed by atoms with Crippen LogP contribution in [0.4, 0.5) is 5.69 Å². The molecule has 94 valence electrons. The minimum absolute atomic E-state index is 1.13. The topological polar surface area (TPSA) is 24.9 Å². The summed E-state index contributed by atoms with van der Waals surface area (Å²) in [6, 6.07) is 6.47. The minimum atomic E-state index is 1.13. The molecule has 0 saturated carbocycles. The van der Waals surface area contributed by atoms with E-state index in [1.54, 1.807) is 0 Å². The zero-order chi connectivity index (χ0) is 12.5. The third-order valence-electron chi connectivity index (χ3n) is 3.99. The highest BCUT2D eigenvalue weighted by Crippen LogP contribution is 2.33. The van der Waals surface area contributed by atoms with Crippen LogP contribution in [0.2, 0.25) is 0 Å². The molecule has 2 heteroatoms. The number of aromatic nitrogens is 1. The second-order valence-corrected chi connectivity index (χ2v) is 5.19. The Kier molecular flexibility index (Phi) is 2.94. The first-order valence-corrected chi connectivity index (χ1v) is 6.90. The predicted octanol–water partition coefficient (Wildman–Crippen LogP) is 3.85. The van der Waals surface area contributed by atoms with E-state index in [2.05, 4.69) is 30.4 Å². The quantitative estimate of drug-likeness (QED) is 0.766. The molecule has 2 aromatic rings. The van der Waals surface area contributed by atoms with Gasteiger partial charge in [-0.05, 0) is 43.7 Å². The molecular formula is C16H20N2. The number of nitrogens with one attached hydrogen (secondary N) is 1. The van der Waals surface area contributed by atoms with Crippen molar-refractivity contribution in [3.8, 4) is 0 Å². The van der Waals surface area contributed by atoms with Crippen LogP contribution in [0, 0.1) is 6.92 Å². The molecule has 1 heterocycles. The Morgan fingerprint density at radius 1 is 1.11 bits per heavy atom. The van der Waals surface area contributed by atoms with E-state index in [9.17, 15) is 0 Å². The molecule has 0 amide bonds. The fourth-order valence-electron chi connectivity index (χ4n) is 3.05. The van der Waals surface area contributed by atoms with Gasteiger partial charge >= 0.3 is 0 Å². The summed E-state index contributed by atoms with van der Waals surface area (Å²) in [5.74, 6) is 0. The van der Waals surface area contributed by atoms with E-state index in [1.165, 1.54) is 59.1 Å². The zero-order valence-corrected chi connectivity index (χ0v) is 11.2. The molecule has 0 aliphatic heterocycles. The van der Waals surface area contributed by atoms with Crippen molar-refractivity contribution < 1.29 is 0 Å². The van der Waals surface area contributed by atoms with Crippen molar-refractivity contribution in [1.29, 1.82) is 0 Å². The van der Waals surface area contributed by atoms with E-state index in [1.807, 2.05) is 7.05 Å². The summed E-state index contributed by atoms with van der Waals surface area (Å²) >= 11 is 0. The van der Waals surface area contributed by atoms with Gasteiger partial charge in [0.25, 0.3) is 0 Å². The predicted molar refractivity (Wildman–Crippen MR) is 77.3 cm³/mol. The highest BCUT2D eigenvalue weighted by atomic mass is 14.9. The number of pyridine rings is 1. The van der Waals surface area contributed by atoms with Crippen LogP contribution >= 0.6 is 0 Å². The van der Waals surface area contributed by atoms with Crippen LogP contribution < -0.4 is 5.32 Å². The van der Waals surface area contributed by atoms with E-state index in [4.69, 9.17) is 4.98 Å². The first kappa shape index (κ1) is 11.5. The third-order valence-corrected chi connectivity index (χ3v) is 3.99.